The highest BCUT2D eigenvalue weighted by molar-refractivity contribution is 6.17. The van der Waals surface area contributed by atoms with E-state index in [4.69, 9.17) is 28.9 Å². The van der Waals surface area contributed by atoms with Crippen LogP contribution >= 0.6 is 0 Å². The van der Waals surface area contributed by atoms with E-state index in [1.807, 2.05) is 291 Å². The van der Waals surface area contributed by atoms with Crippen molar-refractivity contribution in [2.75, 3.05) is 49.7 Å². The number of rotatable bonds is 4. The highest BCUT2D eigenvalue weighted by atomic mass is 16.5. The Bertz CT molecular complexity index is 7570. The standard InChI is InChI=1S/C120H86N8O8/c1-133-113-81-61-69-25-21-33-77(57-69)117(129)125-93-45-17-13-41-89(93)105-97-49-50-98(121-97)106(90-42-14-18-46-94(90)126-118(130)78-34-22-26-70(58-78)62-82-66-74-30-6-10-38-86(74)110(114(82)134-2)109(113)85-37-9-5-29-73(85)65-81)103-55-56-104(124-103)108-92-44-16-20-48-96(92)128-120(132)80-36-24-28-72(60-80)64-84-68-76-32-8-12-40-88(76)112(116(84)136-4)111-87-39-11-7-31-75(87)67-83(115(111)135-3)63-71-27-23-35-79(59-71)119(131)127-95-47-19-15-43-91(95)107(99-51-52-100(108)122-99)102-54-53-101(105)123-102/h5-60,65-68,123-124H,61-64H2,1-4H3,(H,125,129)(H,126,130)(H,127,131)(H,128,132). The number of carbonyl (C=O) groups excluding carboxylic acids is 4. The van der Waals surface area contributed by atoms with E-state index in [-0.39, 0.29) is 23.6 Å². The molecule has 16 heteroatoms. The van der Waals surface area contributed by atoms with Gasteiger partial charge >= 0.3 is 0 Å². The largest absolute Gasteiger partial charge is 0.496 e. The quantitative estimate of drug-likeness (QED) is 0.0981. The van der Waals surface area contributed by atoms with Crippen molar-refractivity contribution < 1.29 is 38.1 Å². The number of hydrogen-bond donors (Lipinski definition) is 6. The molecule has 0 radical (unpaired) electrons. The molecular weight excluding hydrogens is 1680 g/mol. The molecule has 4 amide bonds. The minimum Gasteiger partial charge on any atom is -0.496 e. The summed E-state index contributed by atoms with van der Waals surface area (Å²) in [6.07, 6.45) is 9.50. The molecule has 6 N–H and O–H groups in total. The Morgan fingerprint density at radius 3 is 0.684 bits per heavy atom. The Kier molecular flexibility index (Phi) is 21.0. The summed E-state index contributed by atoms with van der Waals surface area (Å²) < 4.78 is 26.7. The second-order valence-electron chi connectivity index (χ2n) is 34.7. The molecule has 28 bridgehead atoms. The molecule has 136 heavy (non-hydrogen) atoms. The summed E-state index contributed by atoms with van der Waals surface area (Å²) in [5.41, 5.74) is 23.8. The van der Waals surface area contributed by atoms with E-state index in [1.54, 1.807) is 28.4 Å². The molecule has 4 aliphatic rings. The number of H-pyrrole nitrogens is 2. The number of amides is 4. The summed E-state index contributed by atoms with van der Waals surface area (Å²) in [5.74, 6) is 1.25. The van der Waals surface area contributed by atoms with Crippen LogP contribution < -0.4 is 40.2 Å². The van der Waals surface area contributed by atoms with Gasteiger partial charge in [0.05, 0.1) is 51.2 Å². The molecule has 0 aliphatic carbocycles. The first-order valence-corrected chi connectivity index (χ1v) is 45.3. The average molecular weight is 1770 g/mol. The van der Waals surface area contributed by atoms with Crippen LogP contribution in [0.5, 0.6) is 23.0 Å². The maximum Gasteiger partial charge on any atom is 0.255 e. The molecule has 16 aromatic carbocycles. The van der Waals surface area contributed by atoms with Crippen molar-refractivity contribution in [3.63, 3.8) is 0 Å². The maximum atomic E-state index is 15.7. The van der Waals surface area contributed by atoms with Crippen molar-refractivity contribution >= 4 is 136 Å². The lowest BCUT2D eigenvalue weighted by molar-refractivity contribution is 0.101. The molecule has 4 aliphatic heterocycles. The normalized spacial score (nSPS) is 13.0. The second kappa shape index (κ2) is 34.5. The van der Waals surface area contributed by atoms with Crippen molar-refractivity contribution in [3.05, 3.63) is 429 Å². The van der Waals surface area contributed by atoms with Crippen LogP contribution in [0.4, 0.5) is 22.7 Å². The van der Waals surface area contributed by atoms with Crippen molar-refractivity contribution in [1.82, 2.24) is 19.9 Å². The Morgan fingerprint density at radius 2 is 0.449 bits per heavy atom. The molecule has 16 nitrogen and oxygen atoms in total. The zero-order chi connectivity index (χ0) is 91.8. The number of aromatic amines is 2. The van der Waals surface area contributed by atoms with Crippen LogP contribution in [-0.4, -0.2) is 72.0 Å². The number of aromatic nitrogens is 4. The van der Waals surface area contributed by atoms with Crippen LogP contribution in [0, 0.1) is 0 Å². The molecular formula is C120H86N8O8. The fourth-order valence-electron chi connectivity index (χ4n) is 20.5. The number of nitrogens with one attached hydrogen (secondary N) is 6. The van der Waals surface area contributed by atoms with Gasteiger partial charge in [0.1, 0.15) is 23.0 Å². The SMILES string of the molecule is COc1c2cc3ccccc3c1-c1c(OC)c(cc3ccccc13)Cc1cccc(c1)C(=O)Nc1ccccc1-c1c3nc(c(c4ccc([nH]4)c4c5nc(c(c6ccc1[nH]6)-c1ccccc1NC(=O)c1cccc(c1)Cc1cc6ccccc6c(c1OC)-c1c(OC)c(cc6ccccc16)Cc1cccc(c1)C(=O)Nc1ccccc1-4)C=C5)-c1ccccc1NC(=O)c1cccc(c1)C2)C=C3. The number of methoxy groups -OCH3 is 4. The lowest BCUT2D eigenvalue weighted by atomic mass is 9.86. The molecule has 0 atom stereocenters. The molecule has 0 saturated heterocycles. The number of fused-ring (bicyclic) bond motifs is 42. The van der Waals surface area contributed by atoms with Gasteiger partial charge in [-0.15, -0.1) is 0 Å². The molecule has 3 aromatic heterocycles. The van der Waals surface area contributed by atoms with Crippen molar-refractivity contribution in [3.8, 4) is 89.8 Å². The van der Waals surface area contributed by atoms with Crippen LogP contribution in [0.2, 0.25) is 0 Å². The maximum absolute atomic E-state index is 15.7. The molecule has 0 unspecified atom stereocenters. The topological polar surface area (TPSA) is 211 Å². The highest BCUT2D eigenvalue weighted by Crippen LogP contribution is 2.53. The molecule has 23 rings (SSSR count). The summed E-state index contributed by atoms with van der Waals surface area (Å²) in [7, 11) is 6.84. The first-order valence-electron chi connectivity index (χ1n) is 45.3. The van der Waals surface area contributed by atoms with E-state index in [0.717, 1.165) is 110 Å². The number of ether oxygens (including phenoxy) is 4. The number of para-hydroxylation sites is 4. The number of anilines is 4. The Labute approximate surface area is 783 Å². The number of carbonyl (C=O) groups is 4. The summed E-state index contributed by atoms with van der Waals surface area (Å²) in [4.78, 5) is 82.1. The molecule has 0 spiro atoms. The first-order chi connectivity index (χ1) is 66.8. The minimum absolute atomic E-state index is 0.351. The van der Waals surface area contributed by atoms with Gasteiger partial charge in [0, 0.05) is 160 Å². The van der Waals surface area contributed by atoms with E-state index in [1.165, 1.54) is 0 Å². The van der Waals surface area contributed by atoms with Gasteiger partial charge in [-0.1, -0.05) is 218 Å². The number of hydrogen-bond acceptors (Lipinski definition) is 10. The molecule has 0 fully saturated rings. The second-order valence-corrected chi connectivity index (χ2v) is 34.7. The zero-order valence-electron chi connectivity index (χ0n) is 74.6. The van der Waals surface area contributed by atoms with Gasteiger partial charge in [-0.2, -0.15) is 0 Å². The van der Waals surface area contributed by atoms with E-state index in [9.17, 15) is 0 Å². The minimum atomic E-state index is -0.351. The summed E-state index contributed by atoms with van der Waals surface area (Å²) >= 11 is 0. The van der Waals surface area contributed by atoms with Gasteiger partial charge in [0.25, 0.3) is 23.6 Å². The fraction of sp³-hybridized carbons (Fsp3) is 0.0667. The van der Waals surface area contributed by atoms with E-state index >= 15 is 19.2 Å². The Hall–Kier alpha value is -17.8. The Morgan fingerprint density at radius 1 is 0.228 bits per heavy atom. The first kappa shape index (κ1) is 82.6. The third-order valence-electron chi connectivity index (χ3n) is 26.5. The van der Waals surface area contributed by atoms with Crippen molar-refractivity contribution in [2.24, 2.45) is 0 Å². The predicted octanol–water partition coefficient (Wildman–Crippen LogP) is 27.3. The third-order valence-corrected chi connectivity index (χ3v) is 26.5. The average Bonchev–Trinajstić information content (AvgIpc) is 1.23. The van der Waals surface area contributed by atoms with Crippen molar-refractivity contribution in [2.45, 2.75) is 25.7 Å². The molecule has 0 saturated carbocycles. The van der Waals surface area contributed by atoms with Crippen LogP contribution in [0.3, 0.4) is 0 Å². The molecule has 19 aromatic rings. The Balaban J connectivity index is 0.757. The lowest BCUT2D eigenvalue weighted by Gasteiger charge is -2.23. The van der Waals surface area contributed by atoms with Gasteiger partial charge in [0.15, 0.2) is 0 Å². The van der Waals surface area contributed by atoms with Gasteiger partial charge in [0.2, 0.25) is 0 Å². The molecule has 7 heterocycles. The molecule has 654 valence electrons. The van der Waals surface area contributed by atoms with Gasteiger partial charge in [-0.3, -0.25) is 19.2 Å². The monoisotopic (exact) mass is 1770 g/mol. The van der Waals surface area contributed by atoms with Crippen molar-refractivity contribution in [1.29, 1.82) is 0 Å². The zero-order valence-corrected chi connectivity index (χ0v) is 74.6. The van der Waals surface area contributed by atoms with E-state index in [0.29, 0.717) is 183 Å². The third kappa shape index (κ3) is 14.9. The van der Waals surface area contributed by atoms with Crippen LogP contribution in [0.1, 0.15) is 109 Å². The van der Waals surface area contributed by atoms with E-state index in [2.05, 4.69) is 104 Å². The summed E-state index contributed by atoms with van der Waals surface area (Å²) in [5, 5.41) is 21.5. The predicted molar refractivity (Wildman–Crippen MR) is 549 cm³/mol. The van der Waals surface area contributed by atoms with Crippen LogP contribution in [-0.2, 0) is 25.7 Å². The number of nitrogens with zero attached hydrogens (tertiary/aromatic N) is 2. The summed E-state index contributed by atoms with van der Waals surface area (Å²) in [6, 6.07) is 112. The van der Waals surface area contributed by atoms with Gasteiger partial charge in [-0.05, 0) is 233 Å². The fourth-order valence-corrected chi connectivity index (χ4v) is 20.5. The van der Waals surface area contributed by atoms with Crippen LogP contribution in [0.25, 0.3) is 156 Å². The van der Waals surface area contributed by atoms with E-state index < -0.39 is 0 Å². The van der Waals surface area contributed by atoms with Gasteiger partial charge in [-0.25, -0.2) is 9.97 Å². The van der Waals surface area contributed by atoms with Crippen LogP contribution in [0.15, 0.2) is 340 Å². The lowest BCUT2D eigenvalue weighted by Crippen LogP contribution is -2.13. The smallest absolute Gasteiger partial charge is 0.255 e. The number of benzene rings is 16. The summed E-state index contributed by atoms with van der Waals surface area (Å²) in [6.45, 7) is 0. The highest BCUT2D eigenvalue weighted by Gasteiger charge is 2.31. The van der Waals surface area contributed by atoms with Gasteiger partial charge < -0.3 is 50.2 Å².